The number of hydrogen-bond donors (Lipinski definition) is 0. The fourth-order valence-electron chi connectivity index (χ4n) is 1.83. The van der Waals surface area contributed by atoms with Crippen molar-refractivity contribution in [3.05, 3.63) is 70.6 Å². The summed E-state index contributed by atoms with van der Waals surface area (Å²) in [6.45, 7) is 0.130. The van der Waals surface area contributed by atoms with Crippen molar-refractivity contribution in [3.8, 4) is 10.6 Å². The van der Waals surface area contributed by atoms with Gasteiger partial charge in [0.2, 0.25) is 0 Å². The van der Waals surface area contributed by atoms with Crippen molar-refractivity contribution in [1.29, 1.82) is 0 Å². The fraction of sp³-hybridized carbons (Fsp3) is 0.0588. The molecule has 116 valence electrons. The highest BCUT2D eigenvalue weighted by Gasteiger charge is 2.06. The lowest BCUT2D eigenvalue weighted by molar-refractivity contribution is -0.139. The molecular weight excluding hydrogens is 334 g/mol. The van der Waals surface area contributed by atoms with Crippen LogP contribution in [0.5, 0.6) is 0 Å². The van der Waals surface area contributed by atoms with Crippen molar-refractivity contribution < 1.29 is 13.9 Å². The Labute approximate surface area is 142 Å². The van der Waals surface area contributed by atoms with Gasteiger partial charge in [-0.25, -0.2) is 9.78 Å². The summed E-state index contributed by atoms with van der Waals surface area (Å²) < 4.78 is 10.2. The lowest BCUT2D eigenvalue weighted by atomic mass is 10.2. The number of halogens is 1. The normalized spacial score (nSPS) is 11.0. The first-order chi connectivity index (χ1) is 11.2. The van der Waals surface area contributed by atoms with Crippen LogP contribution in [0.4, 0.5) is 0 Å². The molecule has 23 heavy (non-hydrogen) atoms. The van der Waals surface area contributed by atoms with Crippen molar-refractivity contribution in [1.82, 2.24) is 4.98 Å². The Bertz CT molecular complexity index is 807. The molecule has 0 aliphatic heterocycles. The maximum atomic E-state index is 11.6. The smallest absolute Gasteiger partial charge is 0.331 e. The molecule has 0 aliphatic rings. The predicted octanol–water partition coefficient (Wildman–Crippen LogP) is 4.81. The van der Waals surface area contributed by atoms with Crippen LogP contribution >= 0.6 is 22.9 Å². The van der Waals surface area contributed by atoms with E-state index < -0.39 is 5.97 Å². The first-order valence-corrected chi connectivity index (χ1v) is 8.05. The molecule has 0 fully saturated rings. The molecule has 2 heterocycles. The van der Waals surface area contributed by atoms with E-state index in [9.17, 15) is 4.79 Å². The van der Waals surface area contributed by atoms with Crippen molar-refractivity contribution in [2.75, 3.05) is 0 Å². The number of thiazole rings is 1. The Morgan fingerprint density at radius 3 is 2.87 bits per heavy atom. The summed E-state index contributed by atoms with van der Waals surface area (Å²) in [6, 6.07) is 10.9. The van der Waals surface area contributed by atoms with Gasteiger partial charge in [0, 0.05) is 22.0 Å². The molecule has 0 amide bonds. The second-order valence-corrected chi connectivity index (χ2v) is 5.90. The lowest BCUT2D eigenvalue weighted by Crippen LogP contribution is -2.00. The van der Waals surface area contributed by atoms with E-state index in [1.165, 1.54) is 17.4 Å². The molecule has 2 aromatic heterocycles. The Balaban J connectivity index is 1.57. The lowest BCUT2D eigenvalue weighted by Gasteiger charge is -1.98. The highest BCUT2D eigenvalue weighted by atomic mass is 35.5. The van der Waals surface area contributed by atoms with Crippen LogP contribution < -0.4 is 0 Å². The molecule has 4 nitrogen and oxygen atoms in total. The summed E-state index contributed by atoms with van der Waals surface area (Å²) in [5.41, 5.74) is 1.69. The van der Waals surface area contributed by atoms with Crippen LogP contribution in [0.15, 0.2) is 58.5 Å². The quantitative estimate of drug-likeness (QED) is 0.491. The maximum absolute atomic E-state index is 11.6. The standard InChI is InChI=1S/C17H12ClNO3S/c18-13-5-3-12(4-6-13)17-19-14(11-23-17)10-22-16(20)8-7-15-2-1-9-21-15/h1-9,11H,10H2/b8-7+. The molecule has 0 N–H and O–H groups in total. The van der Waals surface area contributed by atoms with Gasteiger partial charge in [0.1, 0.15) is 17.4 Å². The van der Waals surface area contributed by atoms with Gasteiger partial charge < -0.3 is 9.15 Å². The molecule has 0 atom stereocenters. The number of carbonyl (C=O) groups is 1. The van der Waals surface area contributed by atoms with Gasteiger partial charge in [0.05, 0.1) is 12.0 Å². The third kappa shape index (κ3) is 4.31. The number of rotatable bonds is 5. The zero-order valence-corrected chi connectivity index (χ0v) is 13.5. The van der Waals surface area contributed by atoms with Gasteiger partial charge in [-0.05, 0) is 30.3 Å². The van der Waals surface area contributed by atoms with Crippen LogP contribution in [-0.4, -0.2) is 11.0 Å². The molecule has 0 saturated heterocycles. The van der Waals surface area contributed by atoms with Crippen LogP contribution in [0.25, 0.3) is 16.6 Å². The molecule has 1 aromatic carbocycles. The Morgan fingerprint density at radius 1 is 1.30 bits per heavy atom. The van der Waals surface area contributed by atoms with Gasteiger partial charge in [0.25, 0.3) is 0 Å². The number of furan rings is 1. The van der Waals surface area contributed by atoms with E-state index in [1.54, 1.807) is 24.5 Å². The summed E-state index contributed by atoms with van der Waals surface area (Å²) >= 11 is 7.36. The van der Waals surface area contributed by atoms with Crippen molar-refractivity contribution in [2.45, 2.75) is 6.61 Å². The highest BCUT2D eigenvalue weighted by Crippen LogP contribution is 2.25. The highest BCUT2D eigenvalue weighted by molar-refractivity contribution is 7.13. The first kappa shape index (κ1) is 15.5. The minimum atomic E-state index is -0.442. The predicted molar refractivity (Wildman–Crippen MR) is 90.1 cm³/mol. The van der Waals surface area contributed by atoms with Gasteiger partial charge in [-0.3, -0.25) is 0 Å². The van der Waals surface area contributed by atoms with Crippen molar-refractivity contribution in [3.63, 3.8) is 0 Å². The van der Waals surface area contributed by atoms with E-state index in [1.807, 2.05) is 29.6 Å². The summed E-state index contributed by atoms with van der Waals surface area (Å²) in [5.74, 6) is 0.156. The minimum Gasteiger partial charge on any atom is -0.465 e. The molecule has 6 heteroatoms. The molecule has 3 aromatic rings. The number of carbonyl (C=O) groups excluding carboxylic acids is 1. The van der Waals surface area contributed by atoms with E-state index in [-0.39, 0.29) is 6.61 Å². The monoisotopic (exact) mass is 345 g/mol. The number of esters is 1. The Morgan fingerprint density at radius 2 is 2.13 bits per heavy atom. The van der Waals surface area contributed by atoms with Crippen LogP contribution in [0.2, 0.25) is 5.02 Å². The summed E-state index contributed by atoms with van der Waals surface area (Å²) in [5, 5.41) is 3.41. The zero-order chi connectivity index (χ0) is 16.1. The van der Waals surface area contributed by atoms with Crippen LogP contribution in [0, 0.1) is 0 Å². The topological polar surface area (TPSA) is 52.3 Å². The Kier molecular flexibility index (Phi) is 4.90. The summed E-state index contributed by atoms with van der Waals surface area (Å²) in [4.78, 5) is 16.1. The second-order valence-electron chi connectivity index (χ2n) is 4.61. The van der Waals surface area contributed by atoms with E-state index in [0.29, 0.717) is 16.5 Å². The van der Waals surface area contributed by atoms with Gasteiger partial charge in [-0.1, -0.05) is 23.7 Å². The largest absolute Gasteiger partial charge is 0.465 e. The van der Waals surface area contributed by atoms with Crippen molar-refractivity contribution >= 4 is 35.0 Å². The molecule has 0 bridgehead atoms. The molecular formula is C17H12ClNO3S. The van der Waals surface area contributed by atoms with Crippen LogP contribution in [-0.2, 0) is 16.1 Å². The average Bonchev–Trinajstić information content (AvgIpc) is 3.23. The van der Waals surface area contributed by atoms with Gasteiger partial charge in [0.15, 0.2) is 0 Å². The number of aromatic nitrogens is 1. The second kappa shape index (κ2) is 7.26. The third-order valence-electron chi connectivity index (χ3n) is 2.93. The molecule has 0 saturated carbocycles. The number of nitrogens with zero attached hydrogens (tertiary/aromatic N) is 1. The molecule has 0 unspecified atom stereocenters. The van der Waals surface area contributed by atoms with E-state index in [0.717, 1.165) is 10.6 Å². The first-order valence-electron chi connectivity index (χ1n) is 6.79. The average molecular weight is 346 g/mol. The number of benzene rings is 1. The van der Waals surface area contributed by atoms with E-state index in [4.69, 9.17) is 20.8 Å². The zero-order valence-electron chi connectivity index (χ0n) is 11.9. The Hall–Kier alpha value is -2.37. The van der Waals surface area contributed by atoms with E-state index >= 15 is 0 Å². The summed E-state index contributed by atoms with van der Waals surface area (Å²) in [6.07, 6.45) is 4.42. The van der Waals surface area contributed by atoms with Gasteiger partial charge in [-0.15, -0.1) is 11.3 Å². The van der Waals surface area contributed by atoms with Crippen molar-refractivity contribution in [2.24, 2.45) is 0 Å². The van der Waals surface area contributed by atoms with Crippen LogP contribution in [0.3, 0.4) is 0 Å². The molecule has 3 rings (SSSR count). The molecule has 0 spiro atoms. The number of hydrogen-bond acceptors (Lipinski definition) is 5. The van der Waals surface area contributed by atoms with Gasteiger partial charge >= 0.3 is 5.97 Å². The molecule has 0 radical (unpaired) electrons. The number of ether oxygens (including phenoxy) is 1. The SMILES string of the molecule is O=C(/C=C/c1ccco1)OCc1csc(-c2ccc(Cl)cc2)n1. The molecule has 0 aliphatic carbocycles. The van der Waals surface area contributed by atoms with Gasteiger partial charge in [-0.2, -0.15) is 0 Å². The summed E-state index contributed by atoms with van der Waals surface area (Å²) in [7, 11) is 0. The maximum Gasteiger partial charge on any atom is 0.331 e. The fourth-order valence-corrected chi connectivity index (χ4v) is 2.76. The minimum absolute atomic E-state index is 0.130. The van der Waals surface area contributed by atoms with Crippen LogP contribution in [0.1, 0.15) is 11.5 Å². The third-order valence-corrected chi connectivity index (χ3v) is 4.12. The van der Waals surface area contributed by atoms with E-state index in [2.05, 4.69) is 4.98 Å².